The Hall–Kier alpha value is -5.08. The molecule has 0 bridgehead atoms. The van der Waals surface area contributed by atoms with Gasteiger partial charge in [-0.1, -0.05) is 115 Å². The summed E-state index contributed by atoms with van der Waals surface area (Å²) in [7, 11) is 0. The van der Waals surface area contributed by atoms with Crippen molar-refractivity contribution in [2.24, 2.45) is 0 Å². The molecule has 0 aliphatic carbocycles. The molecule has 215 valence electrons. The van der Waals surface area contributed by atoms with E-state index in [1.807, 2.05) is 30.5 Å². The van der Waals surface area contributed by atoms with Gasteiger partial charge in [-0.05, 0) is 57.8 Å². The fourth-order valence-corrected chi connectivity index (χ4v) is 7.41. The number of fused-ring (bicyclic) bond motifs is 5. The maximum absolute atomic E-state index is 4.56. The number of pyridine rings is 1. The van der Waals surface area contributed by atoms with Crippen molar-refractivity contribution in [2.45, 2.75) is 5.41 Å². The summed E-state index contributed by atoms with van der Waals surface area (Å²) in [4.78, 5) is 4.56. The van der Waals surface area contributed by atoms with Crippen molar-refractivity contribution in [3.63, 3.8) is 0 Å². The molecule has 1 aliphatic heterocycles. The van der Waals surface area contributed by atoms with Crippen LogP contribution in [-0.4, -0.2) is 9.55 Å². The molecule has 45 heavy (non-hydrogen) atoms. The third-order valence-electron chi connectivity index (χ3n) is 9.23. The molecule has 6 aromatic carbocycles. The second kappa shape index (κ2) is 10.8. The Kier molecular flexibility index (Phi) is 6.60. The van der Waals surface area contributed by atoms with Gasteiger partial charge in [-0.3, -0.25) is 0 Å². The van der Waals surface area contributed by atoms with Gasteiger partial charge in [0, 0.05) is 37.1 Å². The molecule has 8 aromatic rings. The van der Waals surface area contributed by atoms with Gasteiger partial charge in [0.05, 0.1) is 22.1 Å². The average Bonchev–Trinajstić information content (AvgIpc) is 3.45. The first-order valence-electron chi connectivity index (χ1n) is 15.1. The Balaban J connectivity index is 0.00000300. The summed E-state index contributed by atoms with van der Waals surface area (Å²) in [5.74, 6) is 0. The zero-order valence-corrected chi connectivity index (χ0v) is 26.7. The van der Waals surface area contributed by atoms with Crippen molar-refractivity contribution in [3.8, 4) is 28.1 Å². The molecule has 3 heteroatoms. The van der Waals surface area contributed by atoms with Gasteiger partial charge in [-0.2, -0.15) is 0 Å². The van der Waals surface area contributed by atoms with E-state index in [-0.39, 0.29) is 20.1 Å². The molecule has 1 radical (unpaired) electrons. The Bertz CT molecular complexity index is 2280. The van der Waals surface area contributed by atoms with Crippen molar-refractivity contribution in [3.05, 3.63) is 192 Å². The van der Waals surface area contributed by atoms with Crippen molar-refractivity contribution in [1.29, 1.82) is 0 Å². The predicted octanol–water partition coefficient (Wildman–Crippen LogP) is 10.0. The maximum atomic E-state index is 4.56. The van der Waals surface area contributed by atoms with E-state index >= 15 is 0 Å². The van der Waals surface area contributed by atoms with E-state index in [0.717, 1.165) is 16.8 Å². The first-order valence-corrected chi connectivity index (χ1v) is 15.1. The Morgan fingerprint density at radius 1 is 0.556 bits per heavy atom. The van der Waals surface area contributed by atoms with Crippen LogP contribution in [0.15, 0.2) is 164 Å². The van der Waals surface area contributed by atoms with Crippen molar-refractivity contribution >= 4 is 21.8 Å². The molecule has 0 unspecified atom stereocenters. The number of rotatable bonds is 4. The third kappa shape index (κ3) is 4.02. The van der Waals surface area contributed by atoms with Crippen LogP contribution >= 0.6 is 0 Å². The van der Waals surface area contributed by atoms with Gasteiger partial charge >= 0.3 is 0 Å². The van der Waals surface area contributed by atoms with Crippen molar-refractivity contribution in [1.82, 2.24) is 9.55 Å². The van der Waals surface area contributed by atoms with Crippen LogP contribution in [-0.2, 0) is 25.5 Å². The average molecular weight is 752 g/mol. The minimum absolute atomic E-state index is 0. The van der Waals surface area contributed by atoms with Crippen LogP contribution in [0.4, 0.5) is 0 Å². The molecular formula is C42H27IrN2-. The summed E-state index contributed by atoms with van der Waals surface area (Å²) < 4.78 is 2.49. The minimum Gasteiger partial charge on any atom is -0.309 e. The molecule has 0 atom stereocenters. The smallest absolute Gasteiger partial charge is 0.0742 e. The summed E-state index contributed by atoms with van der Waals surface area (Å²) in [6, 6.07) is 60.4. The van der Waals surface area contributed by atoms with E-state index in [4.69, 9.17) is 0 Å². The summed E-state index contributed by atoms with van der Waals surface area (Å²) in [6.45, 7) is 0. The largest absolute Gasteiger partial charge is 0.309 e. The molecule has 2 nitrogen and oxygen atoms in total. The van der Waals surface area contributed by atoms with Gasteiger partial charge in [0.1, 0.15) is 0 Å². The number of nitrogens with zero attached hydrogens (tertiary/aromatic N) is 2. The van der Waals surface area contributed by atoms with Crippen LogP contribution in [0.25, 0.3) is 49.9 Å². The van der Waals surface area contributed by atoms with Crippen LogP contribution in [0, 0.1) is 6.07 Å². The van der Waals surface area contributed by atoms with E-state index in [0.29, 0.717) is 0 Å². The van der Waals surface area contributed by atoms with E-state index in [1.165, 1.54) is 55.3 Å². The first-order chi connectivity index (χ1) is 21.8. The molecule has 9 rings (SSSR count). The number of benzene rings is 6. The van der Waals surface area contributed by atoms with Crippen molar-refractivity contribution < 1.29 is 20.1 Å². The normalized spacial score (nSPS) is 12.9. The Morgan fingerprint density at radius 2 is 1.24 bits per heavy atom. The summed E-state index contributed by atoms with van der Waals surface area (Å²) >= 11 is 0. The number of hydrogen-bond donors (Lipinski definition) is 0. The fraction of sp³-hybridized carbons (Fsp3) is 0.0238. The summed E-state index contributed by atoms with van der Waals surface area (Å²) in [6.07, 6.45) is 1.83. The minimum atomic E-state index is -0.460. The molecule has 2 aromatic heterocycles. The van der Waals surface area contributed by atoms with Gasteiger partial charge in [0.25, 0.3) is 0 Å². The second-order valence-corrected chi connectivity index (χ2v) is 11.5. The molecule has 0 saturated heterocycles. The van der Waals surface area contributed by atoms with Crippen LogP contribution < -0.4 is 0 Å². The van der Waals surface area contributed by atoms with Gasteiger partial charge in [0.15, 0.2) is 0 Å². The second-order valence-electron chi connectivity index (χ2n) is 11.5. The Labute approximate surface area is 276 Å². The van der Waals surface area contributed by atoms with Gasteiger partial charge in [-0.15, -0.1) is 35.4 Å². The summed E-state index contributed by atoms with van der Waals surface area (Å²) in [5, 5.41) is 2.51. The molecule has 1 aliphatic rings. The quantitative estimate of drug-likeness (QED) is 0.164. The van der Waals surface area contributed by atoms with E-state index < -0.39 is 5.41 Å². The van der Waals surface area contributed by atoms with Crippen LogP contribution in [0.1, 0.15) is 22.3 Å². The van der Waals surface area contributed by atoms with Crippen LogP contribution in [0.5, 0.6) is 0 Å². The number of para-hydroxylation sites is 2. The fourth-order valence-electron chi connectivity index (χ4n) is 7.41. The topological polar surface area (TPSA) is 17.8 Å². The Morgan fingerprint density at radius 3 is 2.00 bits per heavy atom. The first kappa shape index (κ1) is 27.5. The summed E-state index contributed by atoms with van der Waals surface area (Å²) in [5.41, 5.74) is 12.6. The zero-order chi connectivity index (χ0) is 29.1. The standard InChI is InChI=1S/C42H27N2.Ir/c1-3-15-32(16-4-1)42(33-17-5-2-6-18-33)36-20-7-8-23-40(36)44-39-25-24-30(28-35(39)34-19-12-21-37(42)41(34)44)29-13-11-14-31(27-29)38-22-9-10-26-43-38;/h1-13,15-28H;/q-1;. The molecule has 3 heterocycles. The zero-order valence-electron chi connectivity index (χ0n) is 24.3. The number of aromatic nitrogens is 2. The third-order valence-corrected chi connectivity index (χ3v) is 9.23. The van der Waals surface area contributed by atoms with Gasteiger partial charge in [-0.25, -0.2) is 0 Å². The van der Waals surface area contributed by atoms with E-state index in [9.17, 15) is 0 Å². The van der Waals surface area contributed by atoms with E-state index in [2.05, 4.69) is 149 Å². The molecule has 0 amide bonds. The SMILES string of the molecule is [Ir].[c-]1ccc(-c2ccc3c(c2)c2cccc4c2n3-c2ccccc2C4(c2ccccc2)c2ccccc2)cc1-c1ccccn1. The molecule has 0 saturated carbocycles. The molecule has 0 N–H and O–H groups in total. The van der Waals surface area contributed by atoms with Crippen LogP contribution in [0.2, 0.25) is 0 Å². The maximum Gasteiger partial charge on any atom is 0.0742 e. The molecule has 0 spiro atoms. The van der Waals surface area contributed by atoms with Gasteiger partial charge in [0.2, 0.25) is 0 Å². The predicted molar refractivity (Wildman–Crippen MR) is 180 cm³/mol. The molecular weight excluding hydrogens is 725 g/mol. The van der Waals surface area contributed by atoms with Crippen molar-refractivity contribution in [2.75, 3.05) is 0 Å². The van der Waals surface area contributed by atoms with Gasteiger partial charge < -0.3 is 9.55 Å². The van der Waals surface area contributed by atoms with E-state index in [1.54, 1.807) is 0 Å². The van der Waals surface area contributed by atoms with Crippen LogP contribution in [0.3, 0.4) is 0 Å². The molecule has 0 fully saturated rings. The monoisotopic (exact) mass is 752 g/mol. The number of hydrogen-bond acceptors (Lipinski definition) is 1.